The van der Waals surface area contributed by atoms with E-state index in [1.807, 2.05) is 6.07 Å². The molecule has 0 bridgehead atoms. The third kappa shape index (κ3) is 5.75. The van der Waals surface area contributed by atoms with E-state index in [0.717, 1.165) is 35.9 Å². The molecular formula is C22H16F3N3O3. The quantitative estimate of drug-likeness (QED) is 0.448. The summed E-state index contributed by atoms with van der Waals surface area (Å²) in [7, 11) is 0. The predicted octanol–water partition coefficient (Wildman–Crippen LogP) is 4.34. The first-order chi connectivity index (χ1) is 14.7. The van der Waals surface area contributed by atoms with Crippen molar-refractivity contribution in [3.8, 4) is 0 Å². The van der Waals surface area contributed by atoms with E-state index in [1.54, 1.807) is 30.4 Å². The number of hydrogen-bond donors (Lipinski definition) is 1. The Kier molecular flexibility index (Phi) is 6.44. The summed E-state index contributed by atoms with van der Waals surface area (Å²) < 4.78 is 39.4. The van der Waals surface area contributed by atoms with Crippen molar-refractivity contribution in [3.05, 3.63) is 95.1 Å². The molecule has 0 amide bonds. The summed E-state index contributed by atoms with van der Waals surface area (Å²) >= 11 is 0. The van der Waals surface area contributed by atoms with Crippen LogP contribution in [0.5, 0.6) is 0 Å². The van der Waals surface area contributed by atoms with E-state index in [1.165, 1.54) is 17.1 Å². The Labute approximate surface area is 175 Å². The summed E-state index contributed by atoms with van der Waals surface area (Å²) in [6.45, 7) is 0.205. The van der Waals surface area contributed by atoms with Gasteiger partial charge in [-0.15, -0.1) is 0 Å². The van der Waals surface area contributed by atoms with Crippen LogP contribution in [0.4, 0.5) is 13.2 Å². The van der Waals surface area contributed by atoms with Crippen LogP contribution in [-0.4, -0.2) is 31.6 Å². The van der Waals surface area contributed by atoms with Gasteiger partial charge in [0.2, 0.25) is 5.78 Å². The molecule has 2 aromatic carbocycles. The Hall–Kier alpha value is -4.01. The van der Waals surface area contributed by atoms with E-state index in [-0.39, 0.29) is 17.9 Å². The lowest BCUT2D eigenvalue weighted by Crippen LogP contribution is -2.13. The van der Waals surface area contributed by atoms with Crippen molar-refractivity contribution >= 4 is 23.9 Å². The van der Waals surface area contributed by atoms with Gasteiger partial charge in [0.15, 0.2) is 5.82 Å². The van der Waals surface area contributed by atoms with Gasteiger partial charge in [-0.2, -0.15) is 18.3 Å². The van der Waals surface area contributed by atoms with Gasteiger partial charge in [0.05, 0.1) is 12.1 Å². The molecule has 6 nitrogen and oxygen atoms in total. The molecule has 31 heavy (non-hydrogen) atoms. The van der Waals surface area contributed by atoms with Crippen molar-refractivity contribution in [2.75, 3.05) is 0 Å². The van der Waals surface area contributed by atoms with E-state index in [4.69, 9.17) is 5.11 Å². The molecule has 0 saturated carbocycles. The third-order valence-electron chi connectivity index (χ3n) is 4.21. The van der Waals surface area contributed by atoms with Crippen LogP contribution in [0.25, 0.3) is 12.2 Å². The van der Waals surface area contributed by atoms with Gasteiger partial charge in [0.1, 0.15) is 6.33 Å². The fourth-order valence-corrected chi connectivity index (χ4v) is 2.74. The van der Waals surface area contributed by atoms with Gasteiger partial charge in [-0.05, 0) is 35.4 Å². The minimum Gasteiger partial charge on any atom is -0.478 e. The first-order valence-corrected chi connectivity index (χ1v) is 9.01. The van der Waals surface area contributed by atoms with E-state index in [9.17, 15) is 22.8 Å². The van der Waals surface area contributed by atoms with Gasteiger partial charge in [-0.25, -0.2) is 14.5 Å². The van der Waals surface area contributed by atoms with Crippen LogP contribution < -0.4 is 0 Å². The predicted molar refractivity (Wildman–Crippen MR) is 107 cm³/mol. The number of carbonyl (C=O) groups excluding carboxylic acids is 1. The normalized spacial score (nSPS) is 12.0. The Bertz CT molecular complexity index is 1150. The molecule has 0 unspecified atom stereocenters. The van der Waals surface area contributed by atoms with Gasteiger partial charge >= 0.3 is 12.1 Å². The van der Waals surface area contributed by atoms with Crippen molar-refractivity contribution < 1.29 is 27.9 Å². The van der Waals surface area contributed by atoms with Crippen molar-refractivity contribution in [1.82, 2.24) is 14.8 Å². The van der Waals surface area contributed by atoms with Crippen LogP contribution in [-0.2, 0) is 17.5 Å². The molecule has 0 saturated heterocycles. The summed E-state index contributed by atoms with van der Waals surface area (Å²) in [4.78, 5) is 27.2. The molecule has 0 aliphatic rings. The van der Waals surface area contributed by atoms with E-state index in [0.29, 0.717) is 5.56 Å². The van der Waals surface area contributed by atoms with Gasteiger partial charge < -0.3 is 5.11 Å². The van der Waals surface area contributed by atoms with E-state index >= 15 is 0 Å². The summed E-state index contributed by atoms with van der Waals surface area (Å²) in [6.07, 6.45) is 2.73. The second kappa shape index (κ2) is 9.21. The summed E-state index contributed by atoms with van der Waals surface area (Å²) in [5, 5.41) is 12.7. The van der Waals surface area contributed by atoms with Gasteiger partial charge in [-0.1, -0.05) is 42.5 Å². The van der Waals surface area contributed by atoms with Gasteiger partial charge in [0.25, 0.3) is 0 Å². The molecule has 158 valence electrons. The fraction of sp³-hybridized carbons (Fsp3) is 0.0909. The SMILES string of the molecule is O=C(O)/C=C/c1cccc(/C=C/Cn2ncnc2C(=O)c2ccc(C(F)(F)F)cc2)c1. The highest BCUT2D eigenvalue weighted by Gasteiger charge is 2.30. The number of nitrogens with zero attached hydrogens (tertiary/aromatic N) is 3. The Morgan fingerprint density at radius 1 is 1.03 bits per heavy atom. The molecule has 0 atom stereocenters. The standard InChI is InChI=1S/C22H16F3N3O3/c23-22(24,25)18-9-7-17(8-10-18)20(31)21-26-14-27-28(21)12-2-5-15-3-1-4-16(13-15)6-11-19(29)30/h1-11,13-14H,12H2,(H,29,30)/b5-2+,11-6+. The first-order valence-electron chi connectivity index (χ1n) is 9.01. The third-order valence-corrected chi connectivity index (χ3v) is 4.21. The number of hydrogen-bond acceptors (Lipinski definition) is 4. The Morgan fingerprint density at radius 2 is 1.71 bits per heavy atom. The monoisotopic (exact) mass is 427 g/mol. The Balaban J connectivity index is 1.72. The minimum absolute atomic E-state index is 0.00236. The van der Waals surface area contributed by atoms with Crippen LogP contribution in [0.15, 0.2) is 67.0 Å². The maximum atomic E-state index is 12.7. The zero-order valence-corrected chi connectivity index (χ0v) is 16.0. The van der Waals surface area contributed by atoms with Crippen LogP contribution in [0.1, 0.15) is 32.9 Å². The topological polar surface area (TPSA) is 85.1 Å². The van der Waals surface area contributed by atoms with Crippen molar-refractivity contribution in [3.63, 3.8) is 0 Å². The molecule has 1 aromatic heterocycles. The smallest absolute Gasteiger partial charge is 0.416 e. The number of alkyl halides is 3. The summed E-state index contributed by atoms with van der Waals surface area (Å²) in [6, 6.07) is 11.0. The largest absolute Gasteiger partial charge is 0.478 e. The van der Waals surface area contributed by atoms with Crippen LogP contribution in [0.2, 0.25) is 0 Å². The maximum absolute atomic E-state index is 12.7. The number of aliphatic carboxylic acids is 1. The summed E-state index contributed by atoms with van der Waals surface area (Å²) in [5.41, 5.74) is 0.754. The molecule has 9 heteroatoms. The maximum Gasteiger partial charge on any atom is 0.416 e. The Morgan fingerprint density at radius 3 is 2.35 bits per heavy atom. The highest BCUT2D eigenvalue weighted by Crippen LogP contribution is 2.29. The highest BCUT2D eigenvalue weighted by molar-refractivity contribution is 6.06. The molecule has 0 aliphatic heterocycles. The number of allylic oxidation sites excluding steroid dienone is 1. The zero-order chi connectivity index (χ0) is 22.4. The lowest BCUT2D eigenvalue weighted by Gasteiger charge is -2.07. The van der Waals surface area contributed by atoms with Crippen LogP contribution in [0.3, 0.4) is 0 Å². The fourth-order valence-electron chi connectivity index (χ4n) is 2.74. The molecule has 0 radical (unpaired) electrons. The average molecular weight is 427 g/mol. The van der Waals surface area contributed by atoms with Crippen LogP contribution in [0, 0.1) is 0 Å². The number of benzene rings is 2. The van der Waals surface area contributed by atoms with Crippen molar-refractivity contribution in [2.24, 2.45) is 0 Å². The molecule has 1 heterocycles. The first kappa shape index (κ1) is 21.7. The van der Waals surface area contributed by atoms with Crippen molar-refractivity contribution in [1.29, 1.82) is 0 Å². The second-order valence-corrected chi connectivity index (χ2v) is 6.41. The van der Waals surface area contributed by atoms with Crippen molar-refractivity contribution in [2.45, 2.75) is 12.7 Å². The number of halogens is 3. The number of carbonyl (C=O) groups is 2. The average Bonchev–Trinajstić information content (AvgIpc) is 3.20. The molecule has 3 rings (SSSR count). The molecule has 3 aromatic rings. The number of ketones is 1. The number of carboxylic acid groups (broad SMARTS) is 1. The van der Waals surface area contributed by atoms with Crippen LogP contribution >= 0.6 is 0 Å². The van der Waals surface area contributed by atoms with E-state index in [2.05, 4.69) is 10.1 Å². The van der Waals surface area contributed by atoms with E-state index < -0.39 is 23.5 Å². The molecular weight excluding hydrogens is 411 g/mol. The number of rotatable bonds is 7. The highest BCUT2D eigenvalue weighted by atomic mass is 19.4. The molecule has 0 fully saturated rings. The molecule has 0 aliphatic carbocycles. The number of aromatic nitrogens is 3. The zero-order valence-electron chi connectivity index (χ0n) is 16.0. The lowest BCUT2D eigenvalue weighted by atomic mass is 10.1. The minimum atomic E-state index is -4.48. The number of carboxylic acids is 1. The summed E-state index contributed by atoms with van der Waals surface area (Å²) in [5.74, 6) is -1.58. The van der Waals surface area contributed by atoms with Gasteiger partial charge in [-0.3, -0.25) is 4.79 Å². The molecule has 1 N–H and O–H groups in total. The lowest BCUT2D eigenvalue weighted by molar-refractivity contribution is -0.137. The molecule has 0 spiro atoms. The van der Waals surface area contributed by atoms with Gasteiger partial charge in [0, 0.05) is 11.6 Å². The second-order valence-electron chi connectivity index (χ2n) is 6.41.